The van der Waals surface area contributed by atoms with Crippen molar-refractivity contribution in [1.82, 2.24) is 4.90 Å². The molecule has 1 amide bonds. The standard InChI is InChI=1S/C16H25NO7/c1-16(2,3)24-15(21)17-7-6-10(11(9-17)14(20)23-5)12(18)8-13(19)22-4/h10-11H,6-9H2,1-5H3/t10-,11+/m1/s1. The maximum absolute atomic E-state index is 12.3. The number of amides is 1. The molecule has 1 fully saturated rings. The molecular weight excluding hydrogens is 318 g/mol. The van der Waals surface area contributed by atoms with Gasteiger partial charge in [-0.05, 0) is 27.2 Å². The fourth-order valence-electron chi connectivity index (χ4n) is 2.57. The van der Waals surface area contributed by atoms with E-state index in [0.29, 0.717) is 0 Å². The lowest BCUT2D eigenvalue weighted by Crippen LogP contribution is -2.50. The van der Waals surface area contributed by atoms with Crippen LogP contribution < -0.4 is 0 Å². The van der Waals surface area contributed by atoms with E-state index < -0.39 is 41.9 Å². The van der Waals surface area contributed by atoms with Gasteiger partial charge in [0.15, 0.2) is 0 Å². The Balaban J connectivity index is 2.85. The molecule has 0 radical (unpaired) electrons. The molecule has 1 rings (SSSR count). The van der Waals surface area contributed by atoms with Gasteiger partial charge in [0, 0.05) is 19.0 Å². The number of esters is 2. The van der Waals surface area contributed by atoms with Gasteiger partial charge in [0.1, 0.15) is 17.8 Å². The molecule has 1 aliphatic rings. The first-order valence-corrected chi connectivity index (χ1v) is 7.74. The molecule has 0 aromatic rings. The van der Waals surface area contributed by atoms with Gasteiger partial charge in [-0.15, -0.1) is 0 Å². The van der Waals surface area contributed by atoms with E-state index in [4.69, 9.17) is 9.47 Å². The summed E-state index contributed by atoms with van der Waals surface area (Å²) in [6.07, 6.45) is -0.689. The number of hydrogen-bond acceptors (Lipinski definition) is 7. The SMILES string of the molecule is COC(=O)CC(=O)[C@@H]1CCN(C(=O)OC(C)(C)C)C[C@@H]1C(=O)OC. The first kappa shape index (κ1) is 19.9. The van der Waals surface area contributed by atoms with E-state index in [1.54, 1.807) is 20.8 Å². The number of likely N-dealkylation sites (tertiary alicyclic amines) is 1. The summed E-state index contributed by atoms with van der Waals surface area (Å²) in [6, 6.07) is 0. The topological polar surface area (TPSA) is 99.2 Å². The van der Waals surface area contributed by atoms with Gasteiger partial charge < -0.3 is 19.1 Å². The second kappa shape index (κ2) is 8.12. The summed E-state index contributed by atoms with van der Waals surface area (Å²) >= 11 is 0. The first-order chi connectivity index (χ1) is 11.1. The van der Waals surface area contributed by atoms with E-state index >= 15 is 0 Å². The van der Waals surface area contributed by atoms with Gasteiger partial charge in [-0.2, -0.15) is 0 Å². The first-order valence-electron chi connectivity index (χ1n) is 7.74. The minimum Gasteiger partial charge on any atom is -0.469 e. The van der Waals surface area contributed by atoms with Crippen LogP contribution in [-0.2, 0) is 28.6 Å². The van der Waals surface area contributed by atoms with Crippen molar-refractivity contribution in [3.63, 3.8) is 0 Å². The predicted molar refractivity (Wildman–Crippen MR) is 83.1 cm³/mol. The Morgan fingerprint density at radius 3 is 2.17 bits per heavy atom. The third kappa shape index (κ3) is 5.50. The van der Waals surface area contributed by atoms with Gasteiger partial charge in [0.05, 0.1) is 20.1 Å². The third-order valence-electron chi connectivity index (χ3n) is 3.73. The van der Waals surface area contributed by atoms with Gasteiger partial charge in [0.25, 0.3) is 0 Å². The van der Waals surface area contributed by atoms with Crippen molar-refractivity contribution in [3.8, 4) is 0 Å². The van der Waals surface area contributed by atoms with Crippen molar-refractivity contribution in [1.29, 1.82) is 0 Å². The molecule has 8 nitrogen and oxygen atoms in total. The van der Waals surface area contributed by atoms with Gasteiger partial charge in [0.2, 0.25) is 0 Å². The molecule has 0 spiro atoms. The van der Waals surface area contributed by atoms with Crippen molar-refractivity contribution < 1.29 is 33.4 Å². The van der Waals surface area contributed by atoms with Crippen LogP contribution in [0.2, 0.25) is 0 Å². The van der Waals surface area contributed by atoms with Gasteiger partial charge in [-0.25, -0.2) is 4.79 Å². The van der Waals surface area contributed by atoms with Crippen LogP contribution in [0.5, 0.6) is 0 Å². The summed E-state index contributed by atoms with van der Waals surface area (Å²) in [5.41, 5.74) is -0.657. The minimum absolute atomic E-state index is 0.0131. The Morgan fingerprint density at radius 2 is 1.67 bits per heavy atom. The van der Waals surface area contributed by atoms with Crippen LogP contribution in [0.25, 0.3) is 0 Å². The van der Waals surface area contributed by atoms with E-state index in [2.05, 4.69) is 4.74 Å². The number of Topliss-reactive ketones (excluding diaryl/α,β-unsaturated/α-hetero) is 1. The lowest BCUT2D eigenvalue weighted by molar-refractivity contribution is -0.154. The third-order valence-corrected chi connectivity index (χ3v) is 3.73. The molecule has 0 saturated carbocycles. The van der Waals surface area contributed by atoms with Gasteiger partial charge in [-0.3, -0.25) is 14.4 Å². The summed E-state index contributed by atoms with van der Waals surface area (Å²) < 4.78 is 14.5. The Bertz CT molecular complexity index is 509. The number of carbonyl (C=O) groups excluding carboxylic acids is 4. The number of piperidine rings is 1. The molecule has 0 aromatic carbocycles. The second-order valence-electron chi connectivity index (χ2n) is 6.67. The molecule has 0 unspecified atom stereocenters. The van der Waals surface area contributed by atoms with E-state index in [1.165, 1.54) is 19.1 Å². The largest absolute Gasteiger partial charge is 0.469 e. The average Bonchev–Trinajstić information content (AvgIpc) is 2.51. The zero-order valence-electron chi connectivity index (χ0n) is 14.8. The van der Waals surface area contributed by atoms with Crippen LogP contribution in [0.1, 0.15) is 33.6 Å². The maximum atomic E-state index is 12.3. The number of ketones is 1. The van der Waals surface area contributed by atoms with E-state index in [-0.39, 0.29) is 25.3 Å². The normalized spacial score (nSPS) is 21.0. The highest BCUT2D eigenvalue weighted by Crippen LogP contribution is 2.28. The number of hydrogen-bond donors (Lipinski definition) is 0. The van der Waals surface area contributed by atoms with E-state index in [1.807, 2.05) is 0 Å². The molecule has 0 aromatic heterocycles. The molecular formula is C16H25NO7. The van der Waals surface area contributed by atoms with Crippen LogP contribution in [0, 0.1) is 11.8 Å². The fourth-order valence-corrected chi connectivity index (χ4v) is 2.57. The highest BCUT2D eigenvalue weighted by Gasteiger charge is 2.41. The van der Waals surface area contributed by atoms with Crippen LogP contribution >= 0.6 is 0 Å². The second-order valence-corrected chi connectivity index (χ2v) is 6.67. The Labute approximate surface area is 141 Å². The number of carbonyl (C=O) groups is 4. The summed E-state index contributed by atoms with van der Waals surface area (Å²) in [5.74, 6) is -3.14. The lowest BCUT2D eigenvalue weighted by Gasteiger charge is -2.36. The number of ether oxygens (including phenoxy) is 3. The Hall–Kier alpha value is -2.12. The number of nitrogens with zero attached hydrogens (tertiary/aromatic N) is 1. The molecule has 8 heteroatoms. The zero-order valence-corrected chi connectivity index (χ0v) is 14.8. The quantitative estimate of drug-likeness (QED) is 0.429. The molecule has 0 bridgehead atoms. The fraction of sp³-hybridized carbons (Fsp3) is 0.750. The Morgan fingerprint density at radius 1 is 1.04 bits per heavy atom. The summed E-state index contributed by atoms with van der Waals surface area (Å²) in [5, 5.41) is 0. The van der Waals surface area contributed by atoms with Crippen LogP contribution in [-0.4, -0.2) is 61.6 Å². The van der Waals surface area contributed by atoms with Crippen LogP contribution in [0.15, 0.2) is 0 Å². The zero-order chi connectivity index (χ0) is 18.5. The maximum Gasteiger partial charge on any atom is 0.410 e. The smallest absolute Gasteiger partial charge is 0.410 e. The molecule has 1 heterocycles. The number of rotatable bonds is 4. The number of methoxy groups -OCH3 is 2. The molecule has 1 aliphatic heterocycles. The van der Waals surface area contributed by atoms with Crippen molar-refractivity contribution in [2.75, 3.05) is 27.3 Å². The van der Waals surface area contributed by atoms with Crippen molar-refractivity contribution >= 4 is 23.8 Å². The summed E-state index contributed by atoms with van der Waals surface area (Å²) in [7, 11) is 2.41. The van der Waals surface area contributed by atoms with Crippen molar-refractivity contribution in [2.24, 2.45) is 11.8 Å². The highest BCUT2D eigenvalue weighted by molar-refractivity contribution is 5.98. The molecule has 24 heavy (non-hydrogen) atoms. The average molecular weight is 343 g/mol. The molecule has 0 N–H and O–H groups in total. The van der Waals surface area contributed by atoms with Crippen LogP contribution in [0.3, 0.4) is 0 Å². The van der Waals surface area contributed by atoms with Crippen molar-refractivity contribution in [2.45, 2.75) is 39.2 Å². The Kier molecular flexibility index (Phi) is 6.74. The molecule has 0 aliphatic carbocycles. The van der Waals surface area contributed by atoms with E-state index in [0.717, 1.165) is 0 Å². The minimum atomic E-state index is -0.826. The molecule has 2 atom stereocenters. The summed E-state index contributed by atoms with van der Waals surface area (Å²) in [4.78, 5) is 49.1. The summed E-state index contributed by atoms with van der Waals surface area (Å²) in [6.45, 7) is 5.51. The monoisotopic (exact) mass is 343 g/mol. The van der Waals surface area contributed by atoms with Gasteiger partial charge in [-0.1, -0.05) is 0 Å². The van der Waals surface area contributed by atoms with Crippen molar-refractivity contribution in [3.05, 3.63) is 0 Å². The predicted octanol–water partition coefficient (Wildman–Crippen LogP) is 1.16. The van der Waals surface area contributed by atoms with Gasteiger partial charge >= 0.3 is 18.0 Å². The lowest BCUT2D eigenvalue weighted by atomic mass is 9.81. The van der Waals surface area contributed by atoms with Crippen LogP contribution in [0.4, 0.5) is 4.79 Å². The highest BCUT2D eigenvalue weighted by atomic mass is 16.6. The van der Waals surface area contributed by atoms with E-state index in [9.17, 15) is 19.2 Å². The molecule has 136 valence electrons. The molecule has 1 saturated heterocycles.